The monoisotopic (exact) mass is 389 g/mol. The molecule has 7 heteroatoms. The van der Waals surface area contributed by atoms with Gasteiger partial charge >= 0.3 is 0 Å². The van der Waals surface area contributed by atoms with E-state index in [-0.39, 0.29) is 11.4 Å². The summed E-state index contributed by atoms with van der Waals surface area (Å²) in [6.45, 7) is 4.64. The summed E-state index contributed by atoms with van der Waals surface area (Å²) in [6, 6.07) is 15.0. The number of rotatable bonds is 7. The zero-order chi connectivity index (χ0) is 19.3. The molecule has 1 heterocycles. The number of nitrogens with one attached hydrogen (secondary N) is 1. The molecule has 0 saturated carbocycles. The van der Waals surface area contributed by atoms with Crippen LogP contribution in [0, 0.1) is 0 Å². The summed E-state index contributed by atoms with van der Waals surface area (Å²) in [5.41, 5.74) is 3.01. The molecule has 0 bridgehead atoms. The Bertz CT molecular complexity index is 845. The first-order valence-corrected chi connectivity index (χ1v) is 10.6. The van der Waals surface area contributed by atoms with Gasteiger partial charge in [0.15, 0.2) is 0 Å². The predicted molar refractivity (Wildman–Crippen MR) is 107 cm³/mol. The second-order valence-corrected chi connectivity index (χ2v) is 8.69. The van der Waals surface area contributed by atoms with Crippen LogP contribution >= 0.6 is 0 Å². The van der Waals surface area contributed by atoms with Crippen molar-refractivity contribution in [2.24, 2.45) is 0 Å². The number of ether oxygens (including phenoxy) is 1. The summed E-state index contributed by atoms with van der Waals surface area (Å²) in [7, 11) is 0.227. The van der Waals surface area contributed by atoms with E-state index < -0.39 is 10.0 Å². The van der Waals surface area contributed by atoms with Gasteiger partial charge in [-0.05, 0) is 29.3 Å². The van der Waals surface area contributed by atoms with Crippen molar-refractivity contribution in [2.75, 3.05) is 45.3 Å². The normalized spacial score (nSPS) is 15.6. The number of sulfonamides is 1. The average molecular weight is 390 g/mol. The van der Waals surface area contributed by atoms with Gasteiger partial charge in [-0.2, -0.15) is 0 Å². The fourth-order valence-electron chi connectivity index (χ4n) is 2.97. The number of anilines is 1. The fraction of sp³-hybridized carbons (Fsp3) is 0.400. The second kappa shape index (κ2) is 8.84. The van der Waals surface area contributed by atoms with Crippen molar-refractivity contribution in [3.63, 3.8) is 0 Å². The van der Waals surface area contributed by atoms with E-state index in [0.717, 1.165) is 44.1 Å². The lowest BCUT2D eigenvalue weighted by Crippen LogP contribution is -2.35. The Morgan fingerprint density at radius 1 is 1.04 bits per heavy atom. The van der Waals surface area contributed by atoms with Crippen LogP contribution in [0.1, 0.15) is 11.1 Å². The Hall–Kier alpha value is -1.93. The molecule has 0 amide bonds. The third kappa shape index (κ3) is 5.52. The van der Waals surface area contributed by atoms with Gasteiger partial charge in [-0.15, -0.1) is 0 Å². The largest absolute Gasteiger partial charge is 0.379 e. The molecule has 6 nitrogen and oxygen atoms in total. The highest BCUT2D eigenvalue weighted by Gasteiger charge is 2.15. The molecule has 0 aliphatic carbocycles. The molecular weight excluding hydrogens is 362 g/mol. The van der Waals surface area contributed by atoms with E-state index in [1.165, 1.54) is 5.56 Å². The van der Waals surface area contributed by atoms with E-state index in [1.807, 2.05) is 37.2 Å². The van der Waals surface area contributed by atoms with Crippen LogP contribution in [-0.2, 0) is 27.8 Å². The molecule has 1 saturated heterocycles. The molecule has 2 aromatic carbocycles. The standard InChI is InChI=1S/C20H27N3O3S/c1-22(2)19-4-3-5-20(14-19)27(24,25)21-15-17-6-8-18(9-7-17)16-23-10-12-26-13-11-23/h3-9,14,21H,10-13,15-16H2,1-2H3. The molecule has 1 fully saturated rings. The minimum absolute atomic E-state index is 0.270. The number of nitrogens with zero attached hydrogens (tertiary/aromatic N) is 2. The van der Waals surface area contributed by atoms with Crippen LogP contribution in [0.5, 0.6) is 0 Å². The lowest BCUT2D eigenvalue weighted by Gasteiger charge is -2.26. The smallest absolute Gasteiger partial charge is 0.240 e. The van der Waals surface area contributed by atoms with Gasteiger partial charge < -0.3 is 9.64 Å². The van der Waals surface area contributed by atoms with Crippen LogP contribution in [0.2, 0.25) is 0 Å². The van der Waals surface area contributed by atoms with Gasteiger partial charge in [0.1, 0.15) is 0 Å². The van der Waals surface area contributed by atoms with Crippen molar-refractivity contribution in [1.29, 1.82) is 0 Å². The lowest BCUT2D eigenvalue weighted by molar-refractivity contribution is 0.0342. The summed E-state index contributed by atoms with van der Waals surface area (Å²) in [4.78, 5) is 4.52. The Morgan fingerprint density at radius 3 is 2.37 bits per heavy atom. The van der Waals surface area contributed by atoms with Gasteiger partial charge in [0, 0.05) is 46.0 Å². The molecule has 0 radical (unpaired) electrons. The number of morpholine rings is 1. The minimum Gasteiger partial charge on any atom is -0.379 e. The molecule has 0 spiro atoms. The fourth-order valence-corrected chi connectivity index (χ4v) is 4.03. The Kier molecular flexibility index (Phi) is 6.49. The van der Waals surface area contributed by atoms with Crippen LogP contribution in [0.15, 0.2) is 53.4 Å². The van der Waals surface area contributed by atoms with Gasteiger partial charge in [-0.25, -0.2) is 13.1 Å². The average Bonchev–Trinajstić information content (AvgIpc) is 2.68. The Morgan fingerprint density at radius 2 is 1.70 bits per heavy atom. The highest BCUT2D eigenvalue weighted by atomic mass is 32.2. The van der Waals surface area contributed by atoms with Gasteiger partial charge in [-0.1, -0.05) is 30.3 Å². The zero-order valence-corrected chi connectivity index (χ0v) is 16.7. The third-order valence-corrected chi connectivity index (χ3v) is 6.04. The molecule has 1 N–H and O–H groups in total. The maximum Gasteiger partial charge on any atom is 0.240 e. The van der Waals surface area contributed by atoms with Gasteiger partial charge in [-0.3, -0.25) is 4.90 Å². The predicted octanol–water partition coefficient (Wildman–Crippen LogP) is 2.06. The number of hydrogen-bond donors (Lipinski definition) is 1. The first-order valence-electron chi connectivity index (χ1n) is 9.09. The Labute approximate surface area is 161 Å². The topological polar surface area (TPSA) is 61.9 Å². The second-order valence-electron chi connectivity index (χ2n) is 6.92. The van der Waals surface area contributed by atoms with Gasteiger partial charge in [0.2, 0.25) is 10.0 Å². The summed E-state index contributed by atoms with van der Waals surface area (Å²) >= 11 is 0. The van der Waals surface area contributed by atoms with Crippen molar-refractivity contribution in [2.45, 2.75) is 18.0 Å². The highest BCUT2D eigenvalue weighted by Crippen LogP contribution is 2.18. The summed E-state index contributed by atoms with van der Waals surface area (Å²) in [5.74, 6) is 0. The summed E-state index contributed by atoms with van der Waals surface area (Å²) in [6.07, 6.45) is 0. The highest BCUT2D eigenvalue weighted by molar-refractivity contribution is 7.89. The maximum absolute atomic E-state index is 12.6. The molecule has 1 aliphatic heterocycles. The molecule has 1 aliphatic rings. The first-order chi connectivity index (χ1) is 12.9. The SMILES string of the molecule is CN(C)c1cccc(S(=O)(=O)NCc2ccc(CN3CCOCC3)cc2)c1. The van der Waals surface area contributed by atoms with E-state index in [0.29, 0.717) is 0 Å². The van der Waals surface area contributed by atoms with Crippen LogP contribution in [0.25, 0.3) is 0 Å². The molecule has 0 unspecified atom stereocenters. The van der Waals surface area contributed by atoms with Crippen molar-refractivity contribution in [1.82, 2.24) is 9.62 Å². The third-order valence-electron chi connectivity index (χ3n) is 4.64. The molecule has 2 aromatic rings. The van der Waals surface area contributed by atoms with Crippen molar-refractivity contribution >= 4 is 15.7 Å². The van der Waals surface area contributed by atoms with E-state index >= 15 is 0 Å². The molecular formula is C20H27N3O3S. The van der Waals surface area contributed by atoms with Crippen LogP contribution in [0.4, 0.5) is 5.69 Å². The van der Waals surface area contributed by atoms with E-state index in [9.17, 15) is 8.42 Å². The summed E-state index contributed by atoms with van der Waals surface area (Å²) in [5, 5.41) is 0. The van der Waals surface area contributed by atoms with Gasteiger partial charge in [0.05, 0.1) is 18.1 Å². The quantitative estimate of drug-likeness (QED) is 0.785. The maximum atomic E-state index is 12.6. The zero-order valence-electron chi connectivity index (χ0n) is 15.9. The lowest BCUT2D eigenvalue weighted by atomic mass is 10.1. The number of benzene rings is 2. The summed E-state index contributed by atoms with van der Waals surface area (Å²) < 4.78 is 33.2. The van der Waals surface area contributed by atoms with Crippen LogP contribution in [-0.4, -0.2) is 53.7 Å². The minimum atomic E-state index is -3.55. The van der Waals surface area contributed by atoms with Crippen molar-refractivity contribution in [3.05, 3.63) is 59.7 Å². The van der Waals surface area contributed by atoms with Crippen molar-refractivity contribution in [3.8, 4) is 0 Å². The Balaban J connectivity index is 1.59. The van der Waals surface area contributed by atoms with Crippen molar-refractivity contribution < 1.29 is 13.2 Å². The van der Waals surface area contributed by atoms with E-state index in [1.54, 1.807) is 18.2 Å². The molecule has 146 valence electrons. The molecule has 0 aromatic heterocycles. The molecule has 0 atom stereocenters. The van der Waals surface area contributed by atoms with Crippen LogP contribution < -0.4 is 9.62 Å². The van der Waals surface area contributed by atoms with Gasteiger partial charge in [0.25, 0.3) is 0 Å². The van der Waals surface area contributed by atoms with E-state index in [2.05, 4.69) is 21.8 Å². The van der Waals surface area contributed by atoms with Crippen LogP contribution in [0.3, 0.4) is 0 Å². The molecule has 27 heavy (non-hydrogen) atoms. The van der Waals surface area contributed by atoms with E-state index in [4.69, 9.17) is 4.74 Å². The number of hydrogen-bond acceptors (Lipinski definition) is 5. The molecule has 3 rings (SSSR count). The first kappa shape index (κ1) is 19.8.